The molecule has 0 fully saturated rings. The molecular formula is C11H24N4O2. The van der Waals surface area contributed by atoms with Gasteiger partial charge in [-0.25, -0.2) is 0 Å². The Hall–Kier alpha value is -1.30. The number of ether oxygens (including phenoxy) is 1. The van der Waals surface area contributed by atoms with Crippen molar-refractivity contribution in [2.45, 2.75) is 26.8 Å². The molecule has 0 bridgehead atoms. The molecule has 0 aromatic heterocycles. The maximum Gasteiger partial charge on any atom is 0.242 e. The number of amides is 1. The van der Waals surface area contributed by atoms with E-state index in [2.05, 4.69) is 29.5 Å². The number of nitrogens with zero attached hydrogens (tertiary/aromatic N) is 1. The van der Waals surface area contributed by atoms with Crippen molar-refractivity contribution in [1.82, 2.24) is 10.6 Å². The third-order valence-corrected chi connectivity index (χ3v) is 1.99. The molecule has 0 aromatic rings. The van der Waals surface area contributed by atoms with Gasteiger partial charge in [0.05, 0.1) is 6.61 Å². The molecule has 4 N–H and O–H groups in total. The van der Waals surface area contributed by atoms with E-state index in [0.717, 1.165) is 0 Å². The molecule has 0 saturated carbocycles. The van der Waals surface area contributed by atoms with E-state index < -0.39 is 6.04 Å². The van der Waals surface area contributed by atoms with Gasteiger partial charge in [-0.05, 0) is 12.8 Å². The Morgan fingerprint density at radius 1 is 1.41 bits per heavy atom. The van der Waals surface area contributed by atoms with Gasteiger partial charge in [0.25, 0.3) is 0 Å². The minimum absolute atomic E-state index is 0.121. The van der Waals surface area contributed by atoms with Crippen LogP contribution in [0.2, 0.25) is 0 Å². The van der Waals surface area contributed by atoms with Gasteiger partial charge in [0, 0.05) is 20.2 Å². The van der Waals surface area contributed by atoms with Gasteiger partial charge < -0.3 is 21.1 Å². The predicted molar refractivity (Wildman–Crippen MR) is 68.8 cm³/mol. The van der Waals surface area contributed by atoms with Crippen LogP contribution in [0.1, 0.15) is 20.8 Å². The van der Waals surface area contributed by atoms with Crippen LogP contribution in [0.4, 0.5) is 0 Å². The number of hydrogen-bond acceptors (Lipinski definition) is 3. The van der Waals surface area contributed by atoms with Crippen molar-refractivity contribution in [3.05, 3.63) is 0 Å². The van der Waals surface area contributed by atoms with Crippen LogP contribution in [0, 0.1) is 5.92 Å². The fourth-order valence-corrected chi connectivity index (χ4v) is 1.04. The summed E-state index contributed by atoms with van der Waals surface area (Å²) in [6.07, 6.45) is 0. The highest BCUT2D eigenvalue weighted by Gasteiger charge is 2.12. The lowest BCUT2D eigenvalue weighted by Crippen LogP contribution is -2.48. The Labute approximate surface area is 103 Å². The molecule has 0 aliphatic heterocycles. The lowest BCUT2D eigenvalue weighted by atomic mass is 10.2. The molecule has 17 heavy (non-hydrogen) atoms. The normalized spacial score (nSPS) is 13.6. The van der Waals surface area contributed by atoms with Crippen LogP contribution in [0.15, 0.2) is 4.99 Å². The second-order valence-corrected chi connectivity index (χ2v) is 4.27. The number of carbonyl (C=O) groups excluding carboxylic acids is 1. The Morgan fingerprint density at radius 2 is 2.06 bits per heavy atom. The standard InChI is InChI=1S/C11H24N4O2/c1-8(2)7-14-11(12)15-9(3)10(16)13-5-6-17-4/h8-9H,5-7H2,1-4H3,(H,13,16)(H3,12,14,15). The van der Waals surface area contributed by atoms with Crippen LogP contribution in [-0.2, 0) is 9.53 Å². The number of guanidine groups is 1. The largest absolute Gasteiger partial charge is 0.383 e. The van der Waals surface area contributed by atoms with Crippen LogP contribution in [-0.4, -0.2) is 44.7 Å². The van der Waals surface area contributed by atoms with E-state index >= 15 is 0 Å². The van der Waals surface area contributed by atoms with Crippen LogP contribution in [0.5, 0.6) is 0 Å². The molecule has 0 rings (SSSR count). The lowest BCUT2D eigenvalue weighted by Gasteiger charge is -2.14. The number of hydrogen-bond donors (Lipinski definition) is 3. The number of nitrogens with one attached hydrogen (secondary N) is 2. The second-order valence-electron chi connectivity index (χ2n) is 4.27. The summed E-state index contributed by atoms with van der Waals surface area (Å²) in [5.41, 5.74) is 5.65. The Bertz CT molecular complexity index is 254. The zero-order valence-corrected chi connectivity index (χ0v) is 11.1. The van der Waals surface area contributed by atoms with Gasteiger partial charge in [-0.3, -0.25) is 9.79 Å². The average molecular weight is 244 g/mol. The molecule has 0 saturated heterocycles. The number of aliphatic imine (C=N–C) groups is 1. The molecule has 0 aromatic carbocycles. The summed E-state index contributed by atoms with van der Waals surface area (Å²) in [5, 5.41) is 5.55. The summed E-state index contributed by atoms with van der Waals surface area (Å²) in [6, 6.07) is -0.400. The maximum absolute atomic E-state index is 11.6. The molecule has 0 radical (unpaired) electrons. The van der Waals surface area contributed by atoms with Gasteiger partial charge in [-0.15, -0.1) is 0 Å². The first-order valence-corrected chi connectivity index (χ1v) is 5.80. The van der Waals surface area contributed by atoms with Crippen LogP contribution in [0.25, 0.3) is 0 Å². The van der Waals surface area contributed by atoms with E-state index in [1.165, 1.54) is 0 Å². The van der Waals surface area contributed by atoms with Gasteiger partial charge in [0.1, 0.15) is 6.04 Å². The van der Waals surface area contributed by atoms with Crippen molar-refractivity contribution in [1.29, 1.82) is 0 Å². The molecule has 0 aliphatic carbocycles. The highest BCUT2D eigenvalue weighted by molar-refractivity contribution is 5.87. The zero-order valence-electron chi connectivity index (χ0n) is 11.1. The first-order valence-electron chi connectivity index (χ1n) is 5.80. The first kappa shape index (κ1) is 15.7. The fraction of sp³-hybridized carbons (Fsp3) is 0.818. The van der Waals surface area contributed by atoms with Gasteiger partial charge >= 0.3 is 0 Å². The van der Waals surface area contributed by atoms with E-state index in [1.807, 2.05) is 0 Å². The minimum atomic E-state index is -0.400. The number of carbonyl (C=O) groups is 1. The number of methoxy groups -OCH3 is 1. The molecule has 6 nitrogen and oxygen atoms in total. The minimum Gasteiger partial charge on any atom is -0.383 e. The van der Waals surface area contributed by atoms with E-state index in [0.29, 0.717) is 31.6 Å². The summed E-state index contributed by atoms with van der Waals surface area (Å²) in [7, 11) is 1.59. The molecule has 1 amide bonds. The van der Waals surface area contributed by atoms with Gasteiger partial charge in [-0.2, -0.15) is 0 Å². The Kier molecular flexibility index (Phi) is 8.13. The predicted octanol–water partition coefficient (Wildman–Crippen LogP) is -0.302. The first-order chi connectivity index (χ1) is 7.97. The van der Waals surface area contributed by atoms with E-state index in [9.17, 15) is 4.79 Å². The molecule has 1 atom stereocenters. The quantitative estimate of drug-likeness (QED) is 0.326. The van der Waals surface area contributed by atoms with Crippen molar-refractivity contribution >= 4 is 11.9 Å². The van der Waals surface area contributed by atoms with Crippen molar-refractivity contribution in [2.75, 3.05) is 26.8 Å². The zero-order chi connectivity index (χ0) is 13.3. The van der Waals surface area contributed by atoms with Crippen molar-refractivity contribution in [3.8, 4) is 0 Å². The molecule has 6 heteroatoms. The van der Waals surface area contributed by atoms with Gasteiger partial charge in [0.2, 0.25) is 5.91 Å². The van der Waals surface area contributed by atoms with Gasteiger partial charge in [0.15, 0.2) is 5.96 Å². The fourth-order valence-electron chi connectivity index (χ4n) is 1.04. The molecule has 0 aliphatic rings. The summed E-state index contributed by atoms with van der Waals surface area (Å²) < 4.78 is 4.83. The lowest BCUT2D eigenvalue weighted by molar-refractivity contribution is -0.122. The number of nitrogens with two attached hydrogens (primary N) is 1. The monoisotopic (exact) mass is 244 g/mol. The summed E-state index contributed by atoms with van der Waals surface area (Å²) >= 11 is 0. The summed E-state index contributed by atoms with van der Waals surface area (Å²) in [6.45, 7) is 7.48. The third kappa shape index (κ3) is 8.50. The van der Waals surface area contributed by atoms with Crippen LogP contribution < -0.4 is 16.4 Å². The maximum atomic E-state index is 11.6. The molecule has 0 heterocycles. The molecule has 100 valence electrons. The van der Waals surface area contributed by atoms with Crippen molar-refractivity contribution in [2.24, 2.45) is 16.6 Å². The summed E-state index contributed by atoms with van der Waals surface area (Å²) in [4.78, 5) is 15.7. The van der Waals surface area contributed by atoms with E-state index in [-0.39, 0.29) is 5.91 Å². The topological polar surface area (TPSA) is 88.7 Å². The van der Waals surface area contributed by atoms with Crippen molar-refractivity contribution in [3.63, 3.8) is 0 Å². The Balaban J connectivity index is 3.93. The highest BCUT2D eigenvalue weighted by Crippen LogP contribution is 1.91. The second kappa shape index (κ2) is 8.81. The highest BCUT2D eigenvalue weighted by atomic mass is 16.5. The molecule has 0 spiro atoms. The van der Waals surface area contributed by atoms with Crippen LogP contribution in [0.3, 0.4) is 0 Å². The molecule has 1 unspecified atom stereocenters. The van der Waals surface area contributed by atoms with E-state index in [1.54, 1.807) is 14.0 Å². The Morgan fingerprint density at radius 3 is 2.59 bits per heavy atom. The number of rotatable bonds is 7. The average Bonchev–Trinajstić information content (AvgIpc) is 2.26. The summed E-state index contributed by atoms with van der Waals surface area (Å²) in [5.74, 6) is 0.624. The van der Waals surface area contributed by atoms with Crippen molar-refractivity contribution < 1.29 is 9.53 Å². The molecular weight excluding hydrogens is 220 g/mol. The third-order valence-electron chi connectivity index (χ3n) is 1.99. The van der Waals surface area contributed by atoms with Gasteiger partial charge in [-0.1, -0.05) is 13.8 Å². The smallest absolute Gasteiger partial charge is 0.242 e. The SMILES string of the molecule is COCCNC(=O)C(C)NC(N)=NCC(C)C. The van der Waals surface area contributed by atoms with Crippen LogP contribution >= 0.6 is 0 Å². The van der Waals surface area contributed by atoms with E-state index in [4.69, 9.17) is 10.5 Å².